The molecule has 0 amide bonds. The standard InChI is InChI=1S/C11H6N2O2/c12-6-9-3-1-2-8(4-9)5-10(7-13)11(14)15/h1-5H,(H,14,15)/b10-5-. The fourth-order valence-electron chi connectivity index (χ4n) is 1.01. The van der Waals surface area contributed by atoms with Gasteiger partial charge in [-0.2, -0.15) is 10.5 Å². The Bertz CT molecular complexity index is 504. The van der Waals surface area contributed by atoms with Gasteiger partial charge in [-0.15, -0.1) is 0 Å². The van der Waals surface area contributed by atoms with Crippen LogP contribution in [0.5, 0.6) is 0 Å². The van der Waals surface area contributed by atoms with Gasteiger partial charge in [0.25, 0.3) is 0 Å². The number of carboxylic acid groups (broad SMARTS) is 1. The van der Waals surface area contributed by atoms with Gasteiger partial charge in [-0.05, 0) is 23.8 Å². The zero-order valence-electron chi connectivity index (χ0n) is 7.64. The van der Waals surface area contributed by atoms with Crippen molar-refractivity contribution in [2.24, 2.45) is 0 Å². The van der Waals surface area contributed by atoms with E-state index in [4.69, 9.17) is 15.6 Å². The molecule has 72 valence electrons. The van der Waals surface area contributed by atoms with Gasteiger partial charge in [-0.1, -0.05) is 12.1 Å². The van der Waals surface area contributed by atoms with Gasteiger partial charge in [0, 0.05) is 0 Å². The molecule has 0 spiro atoms. The molecule has 0 saturated carbocycles. The predicted octanol–water partition coefficient (Wildman–Crippen LogP) is 1.55. The molecule has 0 bridgehead atoms. The van der Waals surface area contributed by atoms with E-state index in [1.807, 2.05) is 6.07 Å². The van der Waals surface area contributed by atoms with Gasteiger partial charge in [0.2, 0.25) is 0 Å². The van der Waals surface area contributed by atoms with Gasteiger partial charge >= 0.3 is 5.97 Å². The van der Waals surface area contributed by atoms with Crippen molar-refractivity contribution in [3.05, 3.63) is 41.0 Å². The van der Waals surface area contributed by atoms with Gasteiger partial charge in [-0.3, -0.25) is 0 Å². The van der Waals surface area contributed by atoms with E-state index in [-0.39, 0.29) is 5.57 Å². The normalized spacial score (nSPS) is 10.1. The second kappa shape index (κ2) is 4.59. The Morgan fingerprint density at radius 2 is 2.13 bits per heavy atom. The van der Waals surface area contributed by atoms with Crippen LogP contribution < -0.4 is 0 Å². The summed E-state index contributed by atoms with van der Waals surface area (Å²) in [6.45, 7) is 0. The van der Waals surface area contributed by atoms with Crippen molar-refractivity contribution in [2.45, 2.75) is 0 Å². The summed E-state index contributed by atoms with van der Waals surface area (Å²) in [5, 5.41) is 25.7. The molecule has 1 N–H and O–H groups in total. The Morgan fingerprint density at radius 1 is 1.40 bits per heavy atom. The fraction of sp³-hybridized carbons (Fsp3) is 0. The summed E-state index contributed by atoms with van der Waals surface area (Å²) in [6, 6.07) is 9.86. The summed E-state index contributed by atoms with van der Waals surface area (Å²) in [7, 11) is 0. The number of aliphatic carboxylic acids is 1. The molecule has 0 fully saturated rings. The molecule has 0 aromatic heterocycles. The van der Waals surface area contributed by atoms with Crippen LogP contribution in [-0.4, -0.2) is 11.1 Å². The van der Waals surface area contributed by atoms with E-state index in [0.29, 0.717) is 11.1 Å². The maximum atomic E-state index is 10.5. The number of benzene rings is 1. The minimum atomic E-state index is -1.28. The van der Waals surface area contributed by atoms with Crippen molar-refractivity contribution >= 4 is 12.0 Å². The highest BCUT2D eigenvalue weighted by Crippen LogP contribution is 2.09. The Morgan fingerprint density at radius 3 is 2.67 bits per heavy atom. The molecule has 0 saturated heterocycles. The summed E-state index contributed by atoms with van der Waals surface area (Å²) < 4.78 is 0. The molecule has 1 aromatic rings. The first-order valence-electron chi connectivity index (χ1n) is 4.02. The van der Waals surface area contributed by atoms with E-state index in [2.05, 4.69) is 0 Å². The molecule has 0 heterocycles. The summed E-state index contributed by atoms with van der Waals surface area (Å²) in [5.74, 6) is -1.28. The lowest BCUT2D eigenvalue weighted by Crippen LogP contribution is -1.97. The van der Waals surface area contributed by atoms with E-state index in [9.17, 15) is 4.79 Å². The summed E-state index contributed by atoms with van der Waals surface area (Å²) in [6.07, 6.45) is 1.23. The molecule has 0 atom stereocenters. The van der Waals surface area contributed by atoms with Crippen molar-refractivity contribution in [3.8, 4) is 12.1 Å². The number of carboxylic acids is 1. The lowest BCUT2D eigenvalue weighted by molar-refractivity contribution is -0.132. The van der Waals surface area contributed by atoms with Crippen LogP contribution in [0.3, 0.4) is 0 Å². The quantitative estimate of drug-likeness (QED) is 0.577. The lowest BCUT2D eigenvalue weighted by atomic mass is 10.1. The van der Waals surface area contributed by atoms with E-state index < -0.39 is 5.97 Å². The number of nitrogens with zero attached hydrogens (tertiary/aromatic N) is 2. The molecule has 15 heavy (non-hydrogen) atoms. The van der Waals surface area contributed by atoms with Crippen LogP contribution in [0.4, 0.5) is 0 Å². The van der Waals surface area contributed by atoms with E-state index in [1.54, 1.807) is 24.3 Å². The molecular weight excluding hydrogens is 192 g/mol. The number of nitriles is 2. The third-order valence-corrected chi connectivity index (χ3v) is 1.68. The van der Waals surface area contributed by atoms with Crippen molar-refractivity contribution in [1.29, 1.82) is 10.5 Å². The van der Waals surface area contributed by atoms with Crippen molar-refractivity contribution in [3.63, 3.8) is 0 Å². The van der Waals surface area contributed by atoms with E-state index in [0.717, 1.165) is 0 Å². The van der Waals surface area contributed by atoms with E-state index >= 15 is 0 Å². The smallest absolute Gasteiger partial charge is 0.346 e. The highest BCUT2D eigenvalue weighted by molar-refractivity contribution is 5.96. The minimum absolute atomic E-state index is 0.356. The Kier molecular flexibility index (Phi) is 3.21. The van der Waals surface area contributed by atoms with Crippen molar-refractivity contribution < 1.29 is 9.90 Å². The zero-order chi connectivity index (χ0) is 11.3. The van der Waals surface area contributed by atoms with Gasteiger partial charge in [0.1, 0.15) is 11.6 Å². The predicted molar refractivity (Wildman–Crippen MR) is 52.4 cm³/mol. The Labute approximate surface area is 86.3 Å². The van der Waals surface area contributed by atoms with Gasteiger partial charge < -0.3 is 5.11 Å². The first-order valence-corrected chi connectivity index (χ1v) is 4.02. The summed E-state index contributed by atoms with van der Waals surface area (Å²) >= 11 is 0. The molecule has 4 heteroatoms. The van der Waals surface area contributed by atoms with Crippen LogP contribution in [0.1, 0.15) is 11.1 Å². The molecule has 0 radical (unpaired) electrons. The molecule has 0 aliphatic heterocycles. The van der Waals surface area contributed by atoms with Gasteiger partial charge in [0.15, 0.2) is 0 Å². The van der Waals surface area contributed by atoms with Gasteiger partial charge in [0.05, 0.1) is 11.6 Å². The highest BCUT2D eigenvalue weighted by atomic mass is 16.4. The maximum absolute atomic E-state index is 10.5. The average Bonchev–Trinajstić information content (AvgIpc) is 2.25. The zero-order valence-corrected chi connectivity index (χ0v) is 7.64. The van der Waals surface area contributed by atoms with Crippen LogP contribution in [-0.2, 0) is 4.79 Å². The lowest BCUT2D eigenvalue weighted by Gasteiger charge is -1.94. The summed E-state index contributed by atoms with van der Waals surface area (Å²) in [5.41, 5.74) is 0.588. The topological polar surface area (TPSA) is 84.9 Å². The van der Waals surface area contributed by atoms with Crippen LogP contribution in [0.15, 0.2) is 29.8 Å². The Balaban J connectivity index is 3.14. The molecule has 4 nitrogen and oxygen atoms in total. The maximum Gasteiger partial charge on any atom is 0.346 e. The molecule has 0 unspecified atom stereocenters. The largest absolute Gasteiger partial charge is 0.477 e. The molecule has 1 rings (SSSR count). The molecule has 0 aliphatic rings. The fourth-order valence-corrected chi connectivity index (χ4v) is 1.01. The first-order chi connectivity index (χ1) is 7.17. The monoisotopic (exact) mass is 198 g/mol. The second-order valence-corrected chi connectivity index (χ2v) is 2.71. The molecule has 0 aliphatic carbocycles. The minimum Gasteiger partial charge on any atom is -0.477 e. The third-order valence-electron chi connectivity index (χ3n) is 1.68. The number of carbonyl (C=O) groups is 1. The van der Waals surface area contributed by atoms with Crippen molar-refractivity contribution in [1.82, 2.24) is 0 Å². The summed E-state index contributed by atoms with van der Waals surface area (Å²) in [4.78, 5) is 10.5. The van der Waals surface area contributed by atoms with E-state index in [1.165, 1.54) is 12.1 Å². The Hall–Kier alpha value is -2.59. The van der Waals surface area contributed by atoms with Crippen LogP contribution >= 0.6 is 0 Å². The molecular formula is C11H6N2O2. The second-order valence-electron chi connectivity index (χ2n) is 2.71. The average molecular weight is 198 g/mol. The van der Waals surface area contributed by atoms with Crippen LogP contribution in [0.25, 0.3) is 6.08 Å². The van der Waals surface area contributed by atoms with Crippen LogP contribution in [0, 0.1) is 22.7 Å². The molecule has 1 aromatic carbocycles. The number of hydrogen-bond donors (Lipinski definition) is 1. The van der Waals surface area contributed by atoms with Crippen molar-refractivity contribution in [2.75, 3.05) is 0 Å². The first kappa shape index (κ1) is 10.5. The van der Waals surface area contributed by atoms with Crippen LogP contribution in [0.2, 0.25) is 0 Å². The van der Waals surface area contributed by atoms with Gasteiger partial charge in [-0.25, -0.2) is 4.79 Å². The number of hydrogen-bond acceptors (Lipinski definition) is 3. The number of rotatable bonds is 2. The highest BCUT2D eigenvalue weighted by Gasteiger charge is 2.05. The third kappa shape index (κ3) is 2.68. The SMILES string of the molecule is N#C/C(=C/c1cccc(C#N)c1)C(=O)O.